The van der Waals surface area contributed by atoms with E-state index in [1.54, 1.807) is 4.90 Å². The molecule has 8 nitrogen and oxygen atoms in total. The number of nitrogens with one attached hydrogen (secondary N) is 1. The molecule has 2 N–H and O–H groups in total. The fourth-order valence-corrected chi connectivity index (χ4v) is 5.90. The van der Waals surface area contributed by atoms with Gasteiger partial charge in [-0.25, -0.2) is 9.78 Å². The zero-order valence-electron chi connectivity index (χ0n) is 21.5. The normalized spacial score (nSPS) is 15.6. The number of aromatic nitrogens is 3. The van der Waals surface area contributed by atoms with Crippen LogP contribution < -0.4 is 5.32 Å². The topological polar surface area (TPSA) is 92.4 Å². The first kappa shape index (κ1) is 25.4. The molecule has 1 atom stereocenters. The summed E-state index contributed by atoms with van der Waals surface area (Å²) in [6.07, 6.45) is 0.434. The summed E-state index contributed by atoms with van der Waals surface area (Å²) in [5, 5.41) is 12.7. The van der Waals surface area contributed by atoms with Crippen molar-refractivity contribution in [1.82, 2.24) is 24.3 Å². The predicted octanol–water partition coefficient (Wildman–Crippen LogP) is 5.72. The number of carbonyl (C=O) groups excluding carboxylic acids is 1. The first-order valence-electron chi connectivity index (χ1n) is 13.0. The third-order valence-electron chi connectivity index (χ3n) is 7.46. The Morgan fingerprint density at radius 2 is 1.85 bits per heavy atom. The molecule has 1 unspecified atom stereocenters. The van der Waals surface area contributed by atoms with Gasteiger partial charge in [0, 0.05) is 52.8 Å². The van der Waals surface area contributed by atoms with E-state index in [4.69, 9.17) is 10.1 Å². The Bertz CT molecular complexity index is 1710. The van der Waals surface area contributed by atoms with Crippen LogP contribution in [0.1, 0.15) is 28.8 Å². The molecule has 0 spiro atoms. The van der Waals surface area contributed by atoms with Crippen LogP contribution in [0.4, 0.5) is 4.79 Å². The van der Waals surface area contributed by atoms with E-state index in [2.05, 4.69) is 85.6 Å². The lowest BCUT2D eigenvalue weighted by Gasteiger charge is -2.32. The standard InChI is InChI=1S/C30H28IN5O3/c1-34-26-13-10-21(29(37)35-14-4-6-23(18-35)32-30(38)39)15-24(26)33-28(34)27-16-20-5-2-3-7-25(20)36(27)17-19-8-11-22(31)12-9-19/h2-3,5,7-13,15-16,23,32H,4,6,14,17-18H2,1H3,(H,38,39). The average Bonchev–Trinajstić information content (AvgIpc) is 3.46. The second-order valence-electron chi connectivity index (χ2n) is 10.0. The van der Waals surface area contributed by atoms with Crippen molar-refractivity contribution in [3.8, 4) is 11.5 Å². The summed E-state index contributed by atoms with van der Waals surface area (Å²) in [5.41, 5.74) is 5.62. The molecular formula is C30H28IN5O3. The predicted molar refractivity (Wildman–Crippen MR) is 160 cm³/mol. The number of imidazole rings is 1. The molecule has 1 saturated heterocycles. The SMILES string of the molecule is Cn1c(-c2cc3ccccc3n2Cc2ccc(I)cc2)nc2cc(C(=O)N3CCCC(NC(=O)O)C3)ccc21. The number of benzene rings is 3. The summed E-state index contributed by atoms with van der Waals surface area (Å²) < 4.78 is 5.58. The number of aryl methyl sites for hydroxylation is 1. The first-order valence-corrected chi connectivity index (χ1v) is 14.0. The van der Waals surface area contributed by atoms with Crippen LogP contribution in [0.25, 0.3) is 33.5 Å². The van der Waals surface area contributed by atoms with Gasteiger partial charge in [0.2, 0.25) is 0 Å². The van der Waals surface area contributed by atoms with Gasteiger partial charge in [0.1, 0.15) is 0 Å². The van der Waals surface area contributed by atoms with Gasteiger partial charge in [0.05, 0.1) is 16.7 Å². The van der Waals surface area contributed by atoms with Crippen LogP contribution in [0.15, 0.2) is 72.8 Å². The fourth-order valence-electron chi connectivity index (χ4n) is 5.54. The monoisotopic (exact) mass is 633 g/mol. The van der Waals surface area contributed by atoms with Crippen molar-refractivity contribution in [2.45, 2.75) is 25.4 Å². The quantitative estimate of drug-likeness (QED) is 0.242. The van der Waals surface area contributed by atoms with Gasteiger partial charge in [-0.05, 0) is 83.5 Å². The Kier molecular flexibility index (Phi) is 6.76. The van der Waals surface area contributed by atoms with Gasteiger partial charge in [-0.1, -0.05) is 30.3 Å². The van der Waals surface area contributed by atoms with E-state index in [0.29, 0.717) is 25.2 Å². The molecule has 3 heterocycles. The summed E-state index contributed by atoms with van der Waals surface area (Å²) in [6.45, 7) is 1.70. The third kappa shape index (κ3) is 4.98. The van der Waals surface area contributed by atoms with Crippen LogP contribution in [-0.2, 0) is 13.6 Å². The molecule has 1 aliphatic heterocycles. The summed E-state index contributed by atoms with van der Waals surface area (Å²) >= 11 is 2.32. The van der Waals surface area contributed by atoms with Crippen molar-refractivity contribution < 1.29 is 14.7 Å². The summed E-state index contributed by atoms with van der Waals surface area (Å²) in [5.74, 6) is 0.730. The van der Waals surface area contributed by atoms with Crippen molar-refractivity contribution in [1.29, 1.82) is 0 Å². The Morgan fingerprint density at radius 1 is 1.05 bits per heavy atom. The number of nitrogens with zero attached hydrogens (tertiary/aromatic N) is 4. The number of rotatable bonds is 5. The van der Waals surface area contributed by atoms with Gasteiger partial charge in [0.15, 0.2) is 5.82 Å². The lowest BCUT2D eigenvalue weighted by Crippen LogP contribution is -2.49. The number of halogens is 1. The molecule has 1 fully saturated rings. The Morgan fingerprint density at radius 3 is 2.64 bits per heavy atom. The van der Waals surface area contributed by atoms with Gasteiger partial charge < -0.3 is 24.5 Å². The van der Waals surface area contributed by atoms with Crippen molar-refractivity contribution in [3.63, 3.8) is 0 Å². The molecule has 198 valence electrons. The number of carbonyl (C=O) groups is 2. The first-order chi connectivity index (χ1) is 18.9. The highest BCUT2D eigenvalue weighted by Crippen LogP contribution is 2.31. The number of para-hydroxylation sites is 1. The van der Waals surface area contributed by atoms with Crippen LogP contribution in [0, 0.1) is 3.57 Å². The molecule has 2 aromatic heterocycles. The lowest BCUT2D eigenvalue weighted by atomic mass is 10.0. The van der Waals surface area contributed by atoms with E-state index in [1.165, 1.54) is 9.13 Å². The molecule has 39 heavy (non-hydrogen) atoms. The molecule has 1 aliphatic rings. The van der Waals surface area contributed by atoms with Crippen LogP contribution in [0.3, 0.4) is 0 Å². The fraction of sp³-hybridized carbons (Fsp3) is 0.233. The molecule has 6 rings (SSSR count). The molecule has 0 saturated carbocycles. The van der Waals surface area contributed by atoms with Crippen LogP contribution in [0.2, 0.25) is 0 Å². The number of hydrogen-bond donors (Lipinski definition) is 2. The Labute approximate surface area is 239 Å². The van der Waals surface area contributed by atoms with Gasteiger partial charge >= 0.3 is 6.09 Å². The van der Waals surface area contributed by atoms with Gasteiger partial charge in [0.25, 0.3) is 5.91 Å². The molecule has 9 heteroatoms. The Balaban J connectivity index is 1.36. The summed E-state index contributed by atoms with van der Waals surface area (Å²) in [7, 11) is 2.01. The minimum absolute atomic E-state index is 0.103. The van der Waals surface area contributed by atoms with Gasteiger partial charge in [-0.15, -0.1) is 0 Å². The van der Waals surface area contributed by atoms with Gasteiger partial charge in [-0.2, -0.15) is 0 Å². The molecule has 0 bridgehead atoms. The highest BCUT2D eigenvalue weighted by molar-refractivity contribution is 14.1. The van der Waals surface area contributed by atoms with E-state index in [1.807, 2.05) is 31.3 Å². The van der Waals surface area contributed by atoms with Crippen LogP contribution in [-0.4, -0.2) is 55.3 Å². The van der Waals surface area contributed by atoms with E-state index < -0.39 is 6.09 Å². The maximum atomic E-state index is 13.3. The minimum atomic E-state index is -1.06. The summed E-state index contributed by atoms with van der Waals surface area (Å²) in [6, 6.07) is 24.5. The highest BCUT2D eigenvalue weighted by Gasteiger charge is 2.26. The minimum Gasteiger partial charge on any atom is -0.465 e. The summed E-state index contributed by atoms with van der Waals surface area (Å²) in [4.78, 5) is 31.2. The largest absolute Gasteiger partial charge is 0.465 e. The van der Waals surface area contributed by atoms with Gasteiger partial charge in [-0.3, -0.25) is 4.79 Å². The number of hydrogen-bond acceptors (Lipinski definition) is 3. The highest BCUT2D eigenvalue weighted by atomic mass is 127. The van der Waals surface area contributed by atoms with E-state index in [-0.39, 0.29) is 11.9 Å². The zero-order valence-corrected chi connectivity index (χ0v) is 23.6. The van der Waals surface area contributed by atoms with E-state index in [0.717, 1.165) is 46.3 Å². The second-order valence-corrected chi connectivity index (χ2v) is 11.3. The second kappa shape index (κ2) is 10.4. The maximum absolute atomic E-state index is 13.3. The molecular weight excluding hydrogens is 605 g/mol. The molecule has 0 radical (unpaired) electrons. The van der Waals surface area contributed by atoms with E-state index in [9.17, 15) is 9.59 Å². The molecule has 0 aliphatic carbocycles. The van der Waals surface area contributed by atoms with Crippen LogP contribution >= 0.6 is 22.6 Å². The number of amides is 2. The van der Waals surface area contributed by atoms with Crippen molar-refractivity contribution in [2.24, 2.45) is 7.05 Å². The van der Waals surface area contributed by atoms with E-state index >= 15 is 0 Å². The van der Waals surface area contributed by atoms with Crippen LogP contribution in [0.5, 0.6) is 0 Å². The third-order valence-corrected chi connectivity index (χ3v) is 8.18. The lowest BCUT2D eigenvalue weighted by molar-refractivity contribution is 0.0692. The van der Waals surface area contributed by atoms with Crippen molar-refractivity contribution in [2.75, 3.05) is 13.1 Å². The zero-order chi connectivity index (χ0) is 27.1. The number of likely N-dealkylation sites (tertiary alicyclic amines) is 1. The molecule has 5 aromatic rings. The van der Waals surface area contributed by atoms with Crippen molar-refractivity contribution in [3.05, 3.63) is 87.5 Å². The average molecular weight is 633 g/mol. The number of piperidine rings is 1. The molecule has 3 aromatic carbocycles. The number of carboxylic acid groups (broad SMARTS) is 1. The van der Waals surface area contributed by atoms with Crippen molar-refractivity contribution >= 4 is 56.5 Å². The number of fused-ring (bicyclic) bond motifs is 2. The smallest absolute Gasteiger partial charge is 0.404 e. The Hall–Kier alpha value is -3.86. The maximum Gasteiger partial charge on any atom is 0.404 e. The molecule has 2 amide bonds.